The maximum Gasteiger partial charge on any atom is 0.188 e. The molecule has 1 N–H and O–H groups in total. The van der Waals surface area contributed by atoms with Crippen molar-refractivity contribution in [3.05, 3.63) is 52.8 Å². The Morgan fingerprint density at radius 1 is 1.26 bits per heavy atom. The van der Waals surface area contributed by atoms with Crippen LogP contribution in [0.4, 0.5) is 15.2 Å². The number of anilines is 2. The molecule has 0 radical (unpaired) electrons. The van der Waals surface area contributed by atoms with E-state index in [-0.39, 0.29) is 5.82 Å². The smallest absolute Gasteiger partial charge is 0.188 e. The van der Waals surface area contributed by atoms with E-state index in [1.54, 1.807) is 12.1 Å². The molecule has 0 saturated heterocycles. The zero-order valence-corrected chi connectivity index (χ0v) is 11.6. The molecule has 3 rings (SSSR count). The summed E-state index contributed by atoms with van der Waals surface area (Å²) in [6.45, 7) is 1.86. The van der Waals surface area contributed by atoms with E-state index in [2.05, 4.69) is 10.3 Å². The predicted octanol–water partition coefficient (Wildman–Crippen LogP) is 5.14. The number of aromatic nitrogens is 1. The van der Waals surface area contributed by atoms with Gasteiger partial charge in [-0.05, 0) is 36.8 Å². The Morgan fingerprint density at radius 3 is 2.89 bits per heavy atom. The summed E-state index contributed by atoms with van der Waals surface area (Å²) in [4.78, 5) is 4.41. The van der Waals surface area contributed by atoms with Crippen molar-refractivity contribution in [2.24, 2.45) is 0 Å². The second kappa shape index (κ2) is 4.79. The number of thiazole rings is 1. The lowest BCUT2D eigenvalue weighted by Gasteiger charge is -2.07. The van der Waals surface area contributed by atoms with E-state index in [0.29, 0.717) is 15.8 Å². The minimum absolute atomic E-state index is 0.280. The van der Waals surface area contributed by atoms with Crippen molar-refractivity contribution in [2.75, 3.05) is 5.32 Å². The average molecular weight is 293 g/mol. The second-order valence-electron chi connectivity index (χ2n) is 4.19. The third-order valence-electron chi connectivity index (χ3n) is 2.80. The maximum atomic E-state index is 13.7. The lowest BCUT2D eigenvalue weighted by Crippen LogP contribution is -1.95. The van der Waals surface area contributed by atoms with E-state index in [1.807, 2.05) is 25.1 Å². The van der Waals surface area contributed by atoms with E-state index in [0.717, 1.165) is 15.8 Å². The minimum Gasteiger partial charge on any atom is -0.329 e. The first kappa shape index (κ1) is 12.4. The fraction of sp³-hybridized carbons (Fsp3) is 0.0714. The molecule has 0 atom stereocenters. The molecule has 1 aromatic heterocycles. The summed E-state index contributed by atoms with van der Waals surface area (Å²) in [5.74, 6) is -0.280. The lowest BCUT2D eigenvalue weighted by molar-refractivity contribution is 0.631. The van der Waals surface area contributed by atoms with Crippen LogP contribution in [0.3, 0.4) is 0 Å². The molecule has 19 heavy (non-hydrogen) atoms. The zero-order chi connectivity index (χ0) is 13.4. The van der Waals surface area contributed by atoms with Crippen molar-refractivity contribution >= 4 is 44.0 Å². The Morgan fingerprint density at radius 2 is 2.11 bits per heavy atom. The topological polar surface area (TPSA) is 24.9 Å². The summed E-state index contributed by atoms with van der Waals surface area (Å²) < 4.78 is 14.8. The Balaban J connectivity index is 2.01. The van der Waals surface area contributed by atoms with E-state index >= 15 is 0 Å². The van der Waals surface area contributed by atoms with Gasteiger partial charge in [0.1, 0.15) is 5.82 Å². The van der Waals surface area contributed by atoms with Crippen LogP contribution in [-0.4, -0.2) is 4.98 Å². The van der Waals surface area contributed by atoms with Crippen molar-refractivity contribution in [1.82, 2.24) is 4.98 Å². The highest BCUT2D eigenvalue weighted by molar-refractivity contribution is 7.22. The standard InChI is InChI=1S/C14H10ClFN2S/c1-8-3-2-4-10(16)13(8)18-14-17-11-7-9(15)5-6-12(11)19-14/h2-7H,1H3,(H,17,18). The number of hydrogen-bond acceptors (Lipinski definition) is 3. The van der Waals surface area contributed by atoms with Gasteiger partial charge in [-0.15, -0.1) is 0 Å². The van der Waals surface area contributed by atoms with E-state index in [9.17, 15) is 4.39 Å². The van der Waals surface area contributed by atoms with Gasteiger partial charge in [0, 0.05) is 5.02 Å². The molecule has 96 valence electrons. The fourth-order valence-corrected chi connectivity index (χ4v) is 2.87. The van der Waals surface area contributed by atoms with Gasteiger partial charge in [0.25, 0.3) is 0 Å². The highest BCUT2D eigenvalue weighted by atomic mass is 35.5. The van der Waals surface area contributed by atoms with Gasteiger partial charge in [-0.3, -0.25) is 0 Å². The van der Waals surface area contributed by atoms with Crippen LogP contribution in [0.5, 0.6) is 0 Å². The van der Waals surface area contributed by atoms with Crippen LogP contribution in [0.1, 0.15) is 5.56 Å². The van der Waals surface area contributed by atoms with E-state index in [1.165, 1.54) is 17.4 Å². The highest BCUT2D eigenvalue weighted by Crippen LogP contribution is 2.31. The van der Waals surface area contributed by atoms with Crippen LogP contribution >= 0.6 is 22.9 Å². The van der Waals surface area contributed by atoms with Crippen LogP contribution in [0.25, 0.3) is 10.2 Å². The van der Waals surface area contributed by atoms with E-state index < -0.39 is 0 Å². The van der Waals surface area contributed by atoms with Gasteiger partial charge in [0.05, 0.1) is 15.9 Å². The Hall–Kier alpha value is -1.65. The Bertz CT molecular complexity index is 734. The quantitative estimate of drug-likeness (QED) is 0.707. The van der Waals surface area contributed by atoms with Gasteiger partial charge in [0.15, 0.2) is 5.13 Å². The van der Waals surface area contributed by atoms with Crippen molar-refractivity contribution in [3.8, 4) is 0 Å². The second-order valence-corrected chi connectivity index (χ2v) is 5.65. The molecule has 0 fully saturated rings. The van der Waals surface area contributed by atoms with Crippen molar-refractivity contribution < 1.29 is 4.39 Å². The molecular formula is C14H10ClFN2S. The van der Waals surface area contributed by atoms with Gasteiger partial charge in [-0.25, -0.2) is 9.37 Å². The lowest BCUT2D eigenvalue weighted by atomic mass is 10.2. The molecule has 3 aromatic rings. The Kier molecular flexibility index (Phi) is 3.12. The number of nitrogens with one attached hydrogen (secondary N) is 1. The first-order chi connectivity index (χ1) is 9.13. The number of benzene rings is 2. The molecule has 0 spiro atoms. The number of nitrogens with zero attached hydrogens (tertiary/aromatic N) is 1. The Labute approximate surface area is 118 Å². The summed E-state index contributed by atoms with van der Waals surface area (Å²) in [7, 11) is 0. The van der Waals surface area contributed by atoms with Crippen molar-refractivity contribution in [3.63, 3.8) is 0 Å². The summed E-state index contributed by atoms with van der Waals surface area (Å²) in [5.41, 5.74) is 2.12. The number of aryl methyl sites for hydroxylation is 1. The maximum absolute atomic E-state index is 13.7. The number of fused-ring (bicyclic) bond motifs is 1. The number of hydrogen-bond donors (Lipinski definition) is 1. The molecule has 0 bridgehead atoms. The fourth-order valence-electron chi connectivity index (χ4n) is 1.85. The van der Waals surface area contributed by atoms with Crippen LogP contribution < -0.4 is 5.32 Å². The van der Waals surface area contributed by atoms with Crippen LogP contribution in [0.15, 0.2) is 36.4 Å². The third-order valence-corrected chi connectivity index (χ3v) is 3.99. The minimum atomic E-state index is -0.280. The van der Waals surface area contributed by atoms with Gasteiger partial charge < -0.3 is 5.32 Å². The zero-order valence-electron chi connectivity index (χ0n) is 10.1. The number of halogens is 2. The van der Waals surface area contributed by atoms with Crippen LogP contribution in [0, 0.1) is 12.7 Å². The number of para-hydroxylation sites is 1. The average Bonchev–Trinajstić information content (AvgIpc) is 2.75. The summed E-state index contributed by atoms with van der Waals surface area (Å²) in [6.07, 6.45) is 0. The monoisotopic (exact) mass is 292 g/mol. The van der Waals surface area contributed by atoms with Gasteiger partial charge in [-0.2, -0.15) is 0 Å². The van der Waals surface area contributed by atoms with Crippen molar-refractivity contribution in [1.29, 1.82) is 0 Å². The summed E-state index contributed by atoms with van der Waals surface area (Å²) in [5, 5.41) is 4.34. The van der Waals surface area contributed by atoms with E-state index in [4.69, 9.17) is 11.6 Å². The molecule has 2 aromatic carbocycles. The molecular weight excluding hydrogens is 283 g/mol. The largest absolute Gasteiger partial charge is 0.329 e. The SMILES string of the molecule is Cc1cccc(F)c1Nc1nc2cc(Cl)ccc2s1. The highest BCUT2D eigenvalue weighted by Gasteiger charge is 2.09. The van der Waals surface area contributed by atoms with Gasteiger partial charge in [0.2, 0.25) is 0 Å². The first-order valence-electron chi connectivity index (χ1n) is 5.72. The van der Waals surface area contributed by atoms with Gasteiger partial charge in [-0.1, -0.05) is 35.1 Å². The van der Waals surface area contributed by atoms with Crippen LogP contribution in [-0.2, 0) is 0 Å². The molecule has 0 aliphatic rings. The molecule has 0 saturated carbocycles. The molecule has 0 aliphatic carbocycles. The first-order valence-corrected chi connectivity index (χ1v) is 6.91. The van der Waals surface area contributed by atoms with Crippen LogP contribution in [0.2, 0.25) is 5.02 Å². The molecule has 0 amide bonds. The molecule has 1 heterocycles. The summed E-state index contributed by atoms with van der Waals surface area (Å²) >= 11 is 7.39. The summed E-state index contributed by atoms with van der Waals surface area (Å²) in [6, 6.07) is 10.5. The van der Waals surface area contributed by atoms with Crippen molar-refractivity contribution in [2.45, 2.75) is 6.92 Å². The predicted molar refractivity (Wildman–Crippen MR) is 79.0 cm³/mol. The molecule has 0 unspecified atom stereocenters. The molecule has 0 aliphatic heterocycles. The third kappa shape index (κ3) is 2.41. The number of rotatable bonds is 2. The normalized spacial score (nSPS) is 10.9. The molecule has 5 heteroatoms. The van der Waals surface area contributed by atoms with Gasteiger partial charge >= 0.3 is 0 Å². The molecule has 2 nitrogen and oxygen atoms in total.